The van der Waals surface area contributed by atoms with Gasteiger partial charge in [0, 0.05) is 24.8 Å². The van der Waals surface area contributed by atoms with Crippen LogP contribution in [0.5, 0.6) is 0 Å². The van der Waals surface area contributed by atoms with Crippen molar-refractivity contribution in [3.8, 4) is 0 Å². The van der Waals surface area contributed by atoms with Gasteiger partial charge in [0.2, 0.25) is 10.0 Å². The van der Waals surface area contributed by atoms with E-state index in [-0.39, 0.29) is 12.2 Å². The van der Waals surface area contributed by atoms with Crippen LogP contribution in [0.4, 0.5) is 0 Å². The van der Waals surface area contributed by atoms with Crippen molar-refractivity contribution in [3.63, 3.8) is 0 Å². The molecule has 0 spiro atoms. The van der Waals surface area contributed by atoms with Crippen LogP contribution in [0.1, 0.15) is 31.7 Å². The van der Waals surface area contributed by atoms with Crippen LogP contribution in [0.3, 0.4) is 0 Å². The highest BCUT2D eigenvalue weighted by molar-refractivity contribution is 7.88. The first-order valence-electron chi connectivity index (χ1n) is 7.04. The SMILES string of the molecule is CCCCCn1c(=O)[nH]c2ncc(Cl)c(CNS(C)(=O)=O)c21. The molecule has 0 aliphatic carbocycles. The van der Waals surface area contributed by atoms with Crippen molar-refractivity contribution in [1.29, 1.82) is 0 Å². The fourth-order valence-electron chi connectivity index (χ4n) is 2.27. The van der Waals surface area contributed by atoms with E-state index in [1.807, 2.05) is 0 Å². The molecule has 0 aromatic carbocycles. The first kappa shape index (κ1) is 17.0. The maximum absolute atomic E-state index is 12.1. The van der Waals surface area contributed by atoms with Crippen LogP contribution in [0.15, 0.2) is 11.0 Å². The van der Waals surface area contributed by atoms with Gasteiger partial charge in [0.05, 0.1) is 16.8 Å². The average Bonchev–Trinajstić information content (AvgIpc) is 2.74. The number of unbranched alkanes of at least 4 members (excludes halogenated alkanes) is 2. The number of halogens is 1. The maximum Gasteiger partial charge on any atom is 0.327 e. The minimum atomic E-state index is -3.36. The van der Waals surface area contributed by atoms with Crippen LogP contribution in [0.25, 0.3) is 11.2 Å². The average molecular weight is 347 g/mol. The summed E-state index contributed by atoms with van der Waals surface area (Å²) >= 11 is 6.15. The second kappa shape index (κ2) is 6.80. The van der Waals surface area contributed by atoms with Crippen LogP contribution >= 0.6 is 11.6 Å². The van der Waals surface area contributed by atoms with Crippen molar-refractivity contribution in [1.82, 2.24) is 19.3 Å². The van der Waals surface area contributed by atoms with E-state index in [9.17, 15) is 13.2 Å². The molecule has 0 fully saturated rings. The summed E-state index contributed by atoms with van der Waals surface area (Å²) in [6, 6.07) is 0. The zero-order chi connectivity index (χ0) is 16.3. The van der Waals surface area contributed by atoms with Gasteiger partial charge in [-0.3, -0.25) is 9.55 Å². The summed E-state index contributed by atoms with van der Waals surface area (Å²) in [4.78, 5) is 18.9. The van der Waals surface area contributed by atoms with E-state index in [4.69, 9.17) is 11.6 Å². The quantitative estimate of drug-likeness (QED) is 0.744. The summed E-state index contributed by atoms with van der Waals surface area (Å²) in [6.45, 7) is 2.64. The molecule has 2 N–H and O–H groups in total. The van der Waals surface area contributed by atoms with E-state index >= 15 is 0 Å². The lowest BCUT2D eigenvalue weighted by Crippen LogP contribution is -2.23. The summed E-state index contributed by atoms with van der Waals surface area (Å²) in [7, 11) is -3.36. The van der Waals surface area contributed by atoms with Gasteiger partial charge >= 0.3 is 5.69 Å². The maximum atomic E-state index is 12.1. The topological polar surface area (TPSA) is 96.8 Å². The Labute approximate surface area is 133 Å². The molecule has 122 valence electrons. The lowest BCUT2D eigenvalue weighted by atomic mass is 10.2. The normalized spacial score (nSPS) is 12.1. The standard InChI is InChI=1S/C13H19ClN4O3S/c1-3-4-5-6-18-11-9(7-16-22(2,20)21)10(14)8-15-12(11)17-13(18)19/h8,16H,3-7H2,1-2H3,(H,15,17,19). The van der Waals surface area contributed by atoms with Gasteiger partial charge in [-0.2, -0.15) is 0 Å². The Bertz CT molecular complexity index is 826. The van der Waals surface area contributed by atoms with Gasteiger partial charge in [-0.05, 0) is 6.42 Å². The number of aromatic nitrogens is 3. The molecule has 0 unspecified atom stereocenters. The third kappa shape index (κ3) is 3.88. The Hall–Kier alpha value is -1.38. The van der Waals surface area contributed by atoms with Crippen molar-refractivity contribution < 1.29 is 8.42 Å². The van der Waals surface area contributed by atoms with Gasteiger partial charge in [0.15, 0.2) is 5.65 Å². The van der Waals surface area contributed by atoms with Crippen LogP contribution in [-0.4, -0.2) is 29.2 Å². The molecule has 2 aromatic heterocycles. The van der Waals surface area contributed by atoms with E-state index in [1.165, 1.54) is 6.20 Å². The largest absolute Gasteiger partial charge is 0.327 e. The van der Waals surface area contributed by atoms with Crippen molar-refractivity contribution in [2.24, 2.45) is 0 Å². The van der Waals surface area contributed by atoms with E-state index < -0.39 is 10.0 Å². The summed E-state index contributed by atoms with van der Waals surface area (Å²) in [5.41, 5.74) is 1.26. The number of sulfonamides is 1. The van der Waals surface area contributed by atoms with Crippen molar-refractivity contribution in [2.45, 2.75) is 39.3 Å². The molecule has 2 rings (SSSR count). The molecule has 0 aliphatic rings. The second-order valence-corrected chi connectivity index (χ2v) is 7.40. The van der Waals surface area contributed by atoms with Crippen molar-refractivity contribution in [3.05, 3.63) is 27.3 Å². The number of hydrogen-bond acceptors (Lipinski definition) is 4. The smallest absolute Gasteiger partial charge is 0.290 e. The van der Waals surface area contributed by atoms with Crippen molar-refractivity contribution in [2.75, 3.05) is 6.26 Å². The van der Waals surface area contributed by atoms with Gasteiger partial charge in [-0.15, -0.1) is 0 Å². The Morgan fingerprint density at radius 3 is 2.77 bits per heavy atom. The van der Waals surface area contributed by atoms with Gasteiger partial charge in [0.25, 0.3) is 0 Å². The molecule has 2 aromatic rings. The highest BCUT2D eigenvalue weighted by Crippen LogP contribution is 2.23. The molecule has 2 heterocycles. The number of aromatic amines is 1. The zero-order valence-electron chi connectivity index (χ0n) is 12.5. The molecule has 7 nitrogen and oxygen atoms in total. The van der Waals surface area contributed by atoms with Gasteiger partial charge in [-0.25, -0.2) is 22.9 Å². The Balaban J connectivity index is 2.48. The van der Waals surface area contributed by atoms with Gasteiger partial charge < -0.3 is 0 Å². The third-order valence-corrected chi connectivity index (χ3v) is 4.34. The predicted octanol–water partition coefficient (Wildman–Crippen LogP) is 1.62. The molecular formula is C13H19ClN4O3S. The minimum Gasteiger partial charge on any atom is -0.290 e. The molecule has 0 bridgehead atoms. The summed E-state index contributed by atoms with van der Waals surface area (Å²) in [5, 5.41) is 0.326. The van der Waals surface area contributed by atoms with E-state index in [1.54, 1.807) is 4.57 Å². The van der Waals surface area contributed by atoms with Crippen molar-refractivity contribution >= 4 is 32.8 Å². The summed E-state index contributed by atoms with van der Waals surface area (Å²) < 4.78 is 26.6. The number of nitrogens with one attached hydrogen (secondary N) is 2. The molecule has 0 atom stereocenters. The minimum absolute atomic E-state index is 0.0156. The molecule has 0 aliphatic heterocycles. The number of rotatable bonds is 7. The molecular weight excluding hydrogens is 328 g/mol. The lowest BCUT2D eigenvalue weighted by Gasteiger charge is -2.09. The second-order valence-electron chi connectivity index (χ2n) is 5.16. The zero-order valence-corrected chi connectivity index (χ0v) is 14.1. The Morgan fingerprint density at radius 2 is 2.14 bits per heavy atom. The molecule has 0 saturated carbocycles. The first-order valence-corrected chi connectivity index (χ1v) is 9.31. The molecule has 9 heteroatoms. The van der Waals surface area contributed by atoms with E-state index in [0.717, 1.165) is 25.5 Å². The predicted molar refractivity (Wildman–Crippen MR) is 86.6 cm³/mol. The molecule has 22 heavy (non-hydrogen) atoms. The van der Waals surface area contributed by atoms with E-state index in [2.05, 4.69) is 21.6 Å². The summed E-state index contributed by atoms with van der Waals surface area (Å²) in [6.07, 6.45) is 5.39. The Kier molecular flexibility index (Phi) is 5.25. The highest BCUT2D eigenvalue weighted by atomic mass is 35.5. The van der Waals surface area contributed by atoms with Crippen LogP contribution in [0, 0.1) is 0 Å². The first-order chi connectivity index (χ1) is 10.3. The monoisotopic (exact) mass is 346 g/mol. The van der Waals surface area contributed by atoms with E-state index in [0.29, 0.717) is 28.3 Å². The number of nitrogens with zero attached hydrogens (tertiary/aromatic N) is 2. The van der Waals surface area contributed by atoms with Gasteiger partial charge in [0.1, 0.15) is 0 Å². The number of pyridine rings is 1. The van der Waals surface area contributed by atoms with Crippen LogP contribution in [0.2, 0.25) is 5.02 Å². The fourth-order valence-corrected chi connectivity index (χ4v) is 2.89. The fraction of sp³-hybridized carbons (Fsp3) is 0.538. The number of hydrogen-bond donors (Lipinski definition) is 2. The third-order valence-electron chi connectivity index (χ3n) is 3.34. The van der Waals surface area contributed by atoms with Crippen LogP contribution in [-0.2, 0) is 23.1 Å². The molecule has 0 radical (unpaired) electrons. The Morgan fingerprint density at radius 1 is 1.41 bits per heavy atom. The lowest BCUT2D eigenvalue weighted by molar-refractivity contribution is 0.586. The van der Waals surface area contributed by atoms with Crippen LogP contribution < -0.4 is 10.4 Å². The molecule has 0 amide bonds. The molecule has 0 saturated heterocycles. The number of fused-ring (bicyclic) bond motifs is 1. The summed E-state index contributed by atoms with van der Waals surface area (Å²) in [5.74, 6) is 0. The highest BCUT2D eigenvalue weighted by Gasteiger charge is 2.16. The number of aryl methyl sites for hydroxylation is 1. The number of H-pyrrole nitrogens is 1. The number of imidazole rings is 1. The van der Waals surface area contributed by atoms with Gasteiger partial charge in [-0.1, -0.05) is 31.4 Å².